The number of aromatic amines is 1. The highest BCUT2D eigenvalue weighted by Crippen LogP contribution is 2.26. The molecule has 0 aliphatic carbocycles. The van der Waals surface area contributed by atoms with Crippen LogP contribution in [0, 0.1) is 0 Å². The average molecular weight is 426 g/mol. The first kappa shape index (κ1) is 20.0. The second-order valence-electron chi connectivity index (χ2n) is 7.65. The smallest absolute Gasteiger partial charge is 0.330 e. The quantitative estimate of drug-likeness (QED) is 0.451. The van der Waals surface area contributed by atoms with E-state index in [0.717, 1.165) is 21.9 Å². The Morgan fingerprint density at radius 2 is 1.66 bits per heavy atom. The van der Waals surface area contributed by atoms with Crippen LogP contribution in [0.3, 0.4) is 0 Å². The van der Waals surface area contributed by atoms with Gasteiger partial charge in [0.25, 0.3) is 5.56 Å². The standard InChI is InChI=1S/C25H22N4O3/c1-32-14-13-28-21-23(26-22(28)20-12-11-18-9-5-6-10-19(18)15-20)29(25(31)27-24(21)30)16-17-7-3-2-4-8-17/h2-12,15H,13-14,16H2,1H3,(H,27,30,31). The van der Waals surface area contributed by atoms with Crippen molar-refractivity contribution in [2.24, 2.45) is 0 Å². The fourth-order valence-corrected chi connectivity index (χ4v) is 4.03. The lowest BCUT2D eigenvalue weighted by Gasteiger charge is -2.09. The Bertz CT molecular complexity index is 1530. The Morgan fingerprint density at radius 3 is 2.44 bits per heavy atom. The summed E-state index contributed by atoms with van der Waals surface area (Å²) >= 11 is 0. The van der Waals surface area contributed by atoms with E-state index in [0.29, 0.717) is 36.7 Å². The van der Waals surface area contributed by atoms with Crippen LogP contribution < -0.4 is 11.2 Å². The summed E-state index contributed by atoms with van der Waals surface area (Å²) in [7, 11) is 1.62. The van der Waals surface area contributed by atoms with E-state index in [1.165, 1.54) is 4.57 Å². The number of ether oxygens (including phenoxy) is 1. The summed E-state index contributed by atoms with van der Waals surface area (Å²) in [4.78, 5) is 32.9. The molecule has 0 unspecified atom stereocenters. The Hall–Kier alpha value is -3.97. The molecule has 0 spiro atoms. The molecule has 0 saturated heterocycles. The highest BCUT2D eigenvalue weighted by molar-refractivity contribution is 5.87. The zero-order valence-electron chi connectivity index (χ0n) is 17.6. The van der Waals surface area contributed by atoms with Crippen molar-refractivity contribution >= 4 is 21.9 Å². The molecular weight excluding hydrogens is 404 g/mol. The van der Waals surface area contributed by atoms with Gasteiger partial charge in [-0.15, -0.1) is 0 Å². The van der Waals surface area contributed by atoms with Gasteiger partial charge < -0.3 is 9.30 Å². The van der Waals surface area contributed by atoms with E-state index in [2.05, 4.69) is 11.1 Å². The van der Waals surface area contributed by atoms with E-state index in [9.17, 15) is 9.59 Å². The molecule has 1 N–H and O–H groups in total. The molecule has 160 valence electrons. The van der Waals surface area contributed by atoms with Crippen molar-refractivity contribution < 1.29 is 4.74 Å². The largest absolute Gasteiger partial charge is 0.383 e. The molecule has 7 nitrogen and oxygen atoms in total. The van der Waals surface area contributed by atoms with Crippen LogP contribution >= 0.6 is 0 Å². The predicted molar refractivity (Wildman–Crippen MR) is 125 cm³/mol. The van der Waals surface area contributed by atoms with Gasteiger partial charge in [-0.05, 0) is 22.4 Å². The molecule has 0 bridgehead atoms. The van der Waals surface area contributed by atoms with Gasteiger partial charge in [-0.1, -0.05) is 66.7 Å². The summed E-state index contributed by atoms with van der Waals surface area (Å²) in [5, 5.41) is 2.19. The Balaban J connectivity index is 1.76. The Kier molecular flexibility index (Phi) is 5.17. The van der Waals surface area contributed by atoms with Crippen molar-refractivity contribution in [3.8, 4) is 11.4 Å². The van der Waals surface area contributed by atoms with E-state index < -0.39 is 11.2 Å². The third-order valence-electron chi connectivity index (χ3n) is 5.60. The van der Waals surface area contributed by atoms with E-state index in [4.69, 9.17) is 9.72 Å². The van der Waals surface area contributed by atoms with E-state index in [-0.39, 0.29) is 0 Å². The third-order valence-corrected chi connectivity index (χ3v) is 5.60. The molecule has 0 aliphatic heterocycles. The second-order valence-corrected chi connectivity index (χ2v) is 7.65. The summed E-state index contributed by atoms with van der Waals surface area (Å²) in [5.41, 5.74) is 1.61. The van der Waals surface area contributed by atoms with Crippen LogP contribution in [0.4, 0.5) is 0 Å². The molecule has 0 saturated carbocycles. The summed E-state index contributed by atoms with van der Waals surface area (Å²) in [6.07, 6.45) is 0. The topological polar surface area (TPSA) is 81.9 Å². The number of hydrogen-bond donors (Lipinski definition) is 1. The van der Waals surface area contributed by atoms with E-state index >= 15 is 0 Å². The van der Waals surface area contributed by atoms with Crippen LogP contribution in [0.25, 0.3) is 33.3 Å². The highest BCUT2D eigenvalue weighted by atomic mass is 16.5. The van der Waals surface area contributed by atoms with Crippen molar-refractivity contribution in [1.29, 1.82) is 0 Å². The molecule has 5 rings (SSSR count). The van der Waals surface area contributed by atoms with Gasteiger partial charge >= 0.3 is 5.69 Å². The fourth-order valence-electron chi connectivity index (χ4n) is 4.03. The molecule has 3 aromatic carbocycles. The lowest BCUT2D eigenvalue weighted by Crippen LogP contribution is -2.31. The van der Waals surface area contributed by atoms with Gasteiger partial charge in [-0.3, -0.25) is 14.3 Å². The molecule has 0 atom stereocenters. The molecule has 0 amide bonds. The molecule has 0 radical (unpaired) electrons. The average Bonchev–Trinajstić information content (AvgIpc) is 3.20. The SMILES string of the molecule is COCCn1c(-c2ccc3ccccc3c2)nc2c1c(=O)[nH]c(=O)n2Cc1ccccc1. The fraction of sp³-hybridized carbons (Fsp3) is 0.160. The van der Waals surface area contributed by atoms with Crippen LogP contribution in [-0.2, 0) is 17.8 Å². The normalized spacial score (nSPS) is 11.4. The zero-order chi connectivity index (χ0) is 22.1. The molecule has 2 heterocycles. The Morgan fingerprint density at radius 1 is 0.906 bits per heavy atom. The molecular formula is C25H22N4O3. The number of nitrogens with zero attached hydrogens (tertiary/aromatic N) is 3. The maximum atomic E-state index is 12.9. The van der Waals surface area contributed by atoms with Crippen LogP contribution in [0.15, 0.2) is 82.4 Å². The zero-order valence-corrected chi connectivity index (χ0v) is 17.6. The number of nitrogens with one attached hydrogen (secondary N) is 1. The maximum absolute atomic E-state index is 12.9. The minimum atomic E-state index is -0.479. The monoisotopic (exact) mass is 426 g/mol. The van der Waals surface area contributed by atoms with Crippen LogP contribution in [0.5, 0.6) is 0 Å². The number of benzene rings is 3. The van der Waals surface area contributed by atoms with Crippen molar-refractivity contribution in [3.05, 3.63) is 99.2 Å². The lowest BCUT2D eigenvalue weighted by molar-refractivity contribution is 0.188. The maximum Gasteiger partial charge on any atom is 0.330 e. The molecule has 32 heavy (non-hydrogen) atoms. The minimum Gasteiger partial charge on any atom is -0.383 e. The van der Waals surface area contributed by atoms with Crippen molar-refractivity contribution in [3.63, 3.8) is 0 Å². The Labute approximate surface area is 183 Å². The first-order valence-corrected chi connectivity index (χ1v) is 10.4. The number of imidazole rings is 1. The van der Waals surface area contributed by atoms with Gasteiger partial charge in [0.05, 0.1) is 13.2 Å². The lowest BCUT2D eigenvalue weighted by atomic mass is 10.1. The molecule has 7 heteroatoms. The highest BCUT2D eigenvalue weighted by Gasteiger charge is 2.20. The summed E-state index contributed by atoms with van der Waals surface area (Å²) < 4.78 is 8.64. The molecule has 0 fully saturated rings. The van der Waals surface area contributed by atoms with Crippen molar-refractivity contribution in [1.82, 2.24) is 19.1 Å². The number of aromatic nitrogens is 4. The number of hydrogen-bond acceptors (Lipinski definition) is 4. The summed E-state index contributed by atoms with van der Waals surface area (Å²) in [6.45, 7) is 1.15. The first-order valence-electron chi connectivity index (χ1n) is 10.4. The van der Waals surface area contributed by atoms with Gasteiger partial charge in [0.2, 0.25) is 0 Å². The number of methoxy groups -OCH3 is 1. The van der Waals surface area contributed by atoms with Crippen LogP contribution in [-0.4, -0.2) is 32.8 Å². The van der Waals surface area contributed by atoms with Gasteiger partial charge in [-0.25, -0.2) is 9.78 Å². The van der Waals surface area contributed by atoms with Crippen molar-refractivity contribution in [2.45, 2.75) is 13.1 Å². The number of rotatable bonds is 6. The van der Waals surface area contributed by atoms with E-state index in [1.54, 1.807) is 7.11 Å². The number of H-pyrrole nitrogens is 1. The van der Waals surface area contributed by atoms with Gasteiger partial charge in [0, 0.05) is 19.2 Å². The minimum absolute atomic E-state index is 0.311. The van der Waals surface area contributed by atoms with Crippen LogP contribution in [0.2, 0.25) is 0 Å². The van der Waals surface area contributed by atoms with E-state index in [1.807, 2.05) is 71.3 Å². The summed E-state index contributed by atoms with van der Waals surface area (Å²) in [5.74, 6) is 0.626. The predicted octanol–water partition coefficient (Wildman–Crippen LogP) is 3.40. The van der Waals surface area contributed by atoms with Crippen LogP contribution in [0.1, 0.15) is 5.56 Å². The van der Waals surface area contributed by atoms with Crippen molar-refractivity contribution in [2.75, 3.05) is 13.7 Å². The van der Waals surface area contributed by atoms with Gasteiger partial charge in [0.15, 0.2) is 11.2 Å². The summed E-state index contributed by atoms with van der Waals surface area (Å²) in [6, 6.07) is 23.8. The van der Waals surface area contributed by atoms with Gasteiger partial charge in [0.1, 0.15) is 5.82 Å². The van der Waals surface area contributed by atoms with Gasteiger partial charge in [-0.2, -0.15) is 0 Å². The molecule has 0 aliphatic rings. The number of fused-ring (bicyclic) bond motifs is 2. The molecule has 2 aromatic heterocycles. The second kappa shape index (κ2) is 8.28. The third kappa shape index (κ3) is 3.52. The first-order chi connectivity index (χ1) is 15.7. The molecule has 5 aromatic rings.